The van der Waals surface area contributed by atoms with Crippen molar-refractivity contribution in [2.45, 2.75) is 25.8 Å². The van der Waals surface area contributed by atoms with Gasteiger partial charge in [-0.3, -0.25) is 4.79 Å². The molecule has 0 bridgehead atoms. The van der Waals surface area contributed by atoms with Crippen LogP contribution in [-0.2, 0) is 0 Å². The van der Waals surface area contributed by atoms with E-state index in [1.807, 2.05) is 12.1 Å². The number of H-pyrrole nitrogens is 1. The smallest absolute Gasteiger partial charge is 0.251 e. The summed E-state index contributed by atoms with van der Waals surface area (Å²) in [7, 11) is 0. The SMILES string of the molecule is C[C@@H](NC(=O)c1ccc(-c2nn[nH]n2)cc1)C1CC1. The Labute approximate surface area is 110 Å². The van der Waals surface area contributed by atoms with Crippen LogP contribution in [0.3, 0.4) is 0 Å². The van der Waals surface area contributed by atoms with Crippen molar-refractivity contribution in [1.82, 2.24) is 25.9 Å². The molecular weight excluding hydrogens is 242 g/mol. The Balaban J connectivity index is 1.69. The first-order chi connectivity index (χ1) is 9.24. The minimum absolute atomic E-state index is 0.0286. The van der Waals surface area contributed by atoms with Gasteiger partial charge in [0.2, 0.25) is 5.82 Å². The Morgan fingerprint density at radius 2 is 2.11 bits per heavy atom. The second-order valence-electron chi connectivity index (χ2n) is 4.91. The van der Waals surface area contributed by atoms with Crippen molar-refractivity contribution in [2.75, 3.05) is 0 Å². The fourth-order valence-corrected chi connectivity index (χ4v) is 2.06. The van der Waals surface area contributed by atoms with Crippen molar-refractivity contribution in [1.29, 1.82) is 0 Å². The number of aromatic amines is 1. The van der Waals surface area contributed by atoms with Gasteiger partial charge in [0.15, 0.2) is 0 Å². The second-order valence-corrected chi connectivity index (χ2v) is 4.91. The second kappa shape index (κ2) is 4.79. The molecule has 1 aliphatic carbocycles. The summed E-state index contributed by atoms with van der Waals surface area (Å²) >= 11 is 0. The van der Waals surface area contributed by atoms with E-state index in [4.69, 9.17) is 0 Å². The number of rotatable bonds is 4. The number of nitrogens with one attached hydrogen (secondary N) is 2. The van der Waals surface area contributed by atoms with Crippen LogP contribution in [-0.4, -0.2) is 32.6 Å². The minimum Gasteiger partial charge on any atom is -0.349 e. The lowest BCUT2D eigenvalue weighted by molar-refractivity contribution is 0.0936. The highest BCUT2D eigenvalue weighted by Gasteiger charge is 2.29. The van der Waals surface area contributed by atoms with Gasteiger partial charge >= 0.3 is 0 Å². The fourth-order valence-electron chi connectivity index (χ4n) is 2.06. The predicted molar refractivity (Wildman–Crippen MR) is 69.3 cm³/mol. The number of hydrogen-bond donors (Lipinski definition) is 2. The normalized spacial score (nSPS) is 16.1. The first kappa shape index (κ1) is 11.8. The van der Waals surface area contributed by atoms with E-state index >= 15 is 0 Å². The van der Waals surface area contributed by atoms with Gasteiger partial charge in [-0.05, 0) is 43.0 Å². The Hall–Kier alpha value is -2.24. The number of aromatic nitrogens is 4. The molecule has 0 spiro atoms. The first-order valence-electron chi connectivity index (χ1n) is 6.39. The maximum absolute atomic E-state index is 12.0. The van der Waals surface area contributed by atoms with Gasteiger partial charge in [-0.15, -0.1) is 10.2 Å². The molecule has 6 nitrogen and oxygen atoms in total. The largest absolute Gasteiger partial charge is 0.349 e. The zero-order chi connectivity index (χ0) is 13.2. The minimum atomic E-state index is -0.0286. The van der Waals surface area contributed by atoms with Crippen molar-refractivity contribution < 1.29 is 4.79 Å². The highest BCUT2D eigenvalue weighted by molar-refractivity contribution is 5.94. The van der Waals surface area contributed by atoms with Crippen molar-refractivity contribution in [3.05, 3.63) is 29.8 Å². The summed E-state index contributed by atoms with van der Waals surface area (Å²) < 4.78 is 0. The molecule has 1 amide bonds. The van der Waals surface area contributed by atoms with Gasteiger partial charge < -0.3 is 5.32 Å². The molecular formula is C13H15N5O. The number of nitrogens with zero attached hydrogens (tertiary/aromatic N) is 3. The van der Waals surface area contributed by atoms with Crippen LogP contribution in [0.2, 0.25) is 0 Å². The predicted octanol–water partition coefficient (Wildman–Crippen LogP) is 1.39. The Bertz CT molecular complexity index is 559. The Morgan fingerprint density at radius 3 is 2.68 bits per heavy atom. The van der Waals surface area contributed by atoms with Crippen LogP contribution in [0.1, 0.15) is 30.1 Å². The molecule has 0 saturated heterocycles. The molecule has 2 aromatic rings. The summed E-state index contributed by atoms with van der Waals surface area (Å²) in [5.74, 6) is 1.15. The zero-order valence-corrected chi connectivity index (χ0v) is 10.6. The van der Waals surface area contributed by atoms with Crippen molar-refractivity contribution in [3.63, 3.8) is 0 Å². The highest BCUT2D eigenvalue weighted by atomic mass is 16.1. The topological polar surface area (TPSA) is 83.6 Å². The van der Waals surface area contributed by atoms with Gasteiger partial charge in [-0.2, -0.15) is 5.21 Å². The third-order valence-corrected chi connectivity index (χ3v) is 3.44. The molecule has 98 valence electrons. The number of hydrogen-bond acceptors (Lipinski definition) is 4. The molecule has 1 aliphatic rings. The molecule has 1 fully saturated rings. The van der Waals surface area contributed by atoms with Crippen LogP contribution >= 0.6 is 0 Å². The summed E-state index contributed by atoms with van der Waals surface area (Å²) in [6.45, 7) is 2.06. The van der Waals surface area contributed by atoms with Crippen LogP contribution < -0.4 is 5.32 Å². The Morgan fingerprint density at radius 1 is 1.37 bits per heavy atom. The summed E-state index contributed by atoms with van der Waals surface area (Å²) in [5, 5.41) is 16.7. The lowest BCUT2D eigenvalue weighted by Gasteiger charge is -2.12. The highest BCUT2D eigenvalue weighted by Crippen LogP contribution is 2.32. The molecule has 2 N–H and O–H groups in total. The van der Waals surface area contributed by atoms with E-state index < -0.39 is 0 Å². The number of amides is 1. The molecule has 6 heteroatoms. The lowest BCUT2D eigenvalue weighted by Crippen LogP contribution is -2.33. The van der Waals surface area contributed by atoms with E-state index in [0.29, 0.717) is 17.3 Å². The van der Waals surface area contributed by atoms with Crippen LogP contribution in [0, 0.1) is 5.92 Å². The number of tetrazole rings is 1. The molecule has 1 heterocycles. The van der Waals surface area contributed by atoms with Gasteiger partial charge in [0.25, 0.3) is 5.91 Å². The van der Waals surface area contributed by atoms with Crippen molar-refractivity contribution in [2.24, 2.45) is 5.92 Å². The van der Waals surface area contributed by atoms with E-state index in [9.17, 15) is 4.79 Å². The maximum Gasteiger partial charge on any atom is 0.251 e. The average molecular weight is 257 g/mol. The average Bonchev–Trinajstić information content (AvgIpc) is 3.14. The van der Waals surface area contributed by atoms with E-state index in [0.717, 1.165) is 5.56 Å². The van der Waals surface area contributed by atoms with Gasteiger partial charge in [0, 0.05) is 17.2 Å². The zero-order valence-electron chi connectivity index (χ0n) is 10.6. The summed E-state index contributed by atoms with van der Waals surface area (Å²) in [4.78, 5) is 12.0. The molecule has 0 aliphatic heterocycles. The molecule has 19 heavy (non-hydrogen) atoms. The van der Waals surface area contributed by atoms with Gasteiger partial charge in [-0.1, -0.05) is 12.1 Å². The van der Waals surface area contributed by atoms with Crippen molar-refractivity contribution >= 4 is 5.91 Å². The van der Waals surface area contributed by atoms with Crippen molar-refractivity contribution in [3.8, 4) is 11.4 Å². The molecule has 3 rings (SSSR count). The summed E-state index contributed by atoms with van der Waals surface area (Å²) in [6.07, 6.45) is 2.44. The van der Waals surface area contributed by atoms with Crippen LogP contribution in [0.25, 0.3) is 11.4 Å². The van der Waals surface area contributed by atoms with E-state index in [1.54, 1.807) is 12.1 Å². The third-order valence-electron chi connectivity index (χ3n) is 3.44. The third kappa shape index (κ3) is 2.62. The lowest BCUT2D eigenvalue weighted by atomic mass is 10.1. The summed E-state index contributed by atoms with van der Waals surface area (Å²) in [6, 6.07) is 7.45. The molecule has 0 radical (unpaired) electrons. The number of carbonyl (C=O) groups is 1. The van der Waals surface area contributed by atoms with Crippen LogP contribution in [0.5, 0.6) is 0 Å². The molecule has 0 unspecified atom stereocenters. The van der Waals surface area contributed by atoms with Gasteiger partial charge in [0.05, 0.1) is 0 Å². The number of benzene rings is 1. The van der Waals surface area contributed by atoms with E-state index in [2.05, 4.69) is 32.9 Å². The van der Waals surface area contributed by atoms with E-state index in [-0.39, 0.29) is 11.9 Å². The molecule has 1 atom stereocenters. The van der Waals surface area contributed by atoms with Crippen LogP contribution in [0.4, 0.5) is 0 Å². The fraction of sp³-hybridized carbons (Fsp3) is 0.385. The van der Waals surface area contributed by atoms with Gasteiger partial charge in [-0.25, -0.2) is 0 Å². The summed E-state index contributed by atoms with van der Waals surface area (Å²) in [5.41, 5.74) is 1.49. The first-order valence-corrected chi connectivity index (χ1v) is 6.39. The number of carbonyl (C=O) groups excluding carboxylic acids is 1. The Kier molecular flexibility index (Phi) is 2.98. The van der Waals surface area contributed by atoms with Gasteiger partial charge in [0.1, 0.15) is 0 Å². The molecule has 1 aromatic carbocycles. The van der Waals surface area contributed by atoms with E-state index in [1.165, 1.54) is 12.8 Å². The maximum atomic E-state index is 12.0. The quantitative estimate of drug-likeness (QED) is 0.867. The molecule has 1 saturated carbocycles. The monoisotopic (exact) mass is 257 g/mol. The standard InChI is InChI=1S/C13H15N5O/c1-8(9-2-3-9)14-13(19)11-6-4-10(5-7-11)12-15-17-18-16-12/h4-9H,2-3H2,1H3,(H,14,19)(H,15,16,17,18)/t8-/m1/s1. The molecule has 1 aromatic heterocycles. The van der Waals surface area contributed by atoms with Crippen LogP contribution in [0.15, 0.2) is 24.3 Å².